The summed E-state index contributed by atoms with van der Waals surface area (Å²) in [5, 5.41) is 0. The molecule has 2 heterocycles. The minimum absolute atomic E-state index is 0.283. The Morgan fingerprint density at radius 3 is 2.71 bits per heavy atom. The van der Waals surface area contributed by atoms with Gasteiger partial charge in [0.2, 0.25) is 0 Å². The van der Waals surface area contributed by atoms with Crippen molar-refractivity contribution in [3.8, 4) is 0 Å². The maximum absolute atomic E-state index is 6.80. The summed E-state index contributed by atoms with van der Waals surface area (Å²) in [5.74, 6) is 1.88. The highest BCUT2D eigenvalue weighted by molar-refractivity contribution is 5.75. The number of hydrogen-bond acceptors (Lipinski definition) is 3. The number of aromatic nitrogens is 3. The summed E-state index contributed by atoms with van der Waals surface area (Å²) in [6.45, 7) is 6.68. The zero-order valence-corrected chi connectivity index (χ0v) is 13.3. The Morgan fingerprint density at radius 1 is 1.38 bits per heavy atom. The Hall–Kier alpha value is -1.42. The molecule has 2 N–H and O–H groups in total. The number of hydrogen-bond donors (Lipinski definition) is 1. The molecular weight excluding hydrogens is 260 g/mol. The van der Waals surface area contributed by atoms with E-state index in [0.717, 1.165) is 35.6 Å². The molecule has 4 heteroatoms. The molecule has 0 atom stereocenters. The highest BCUT2D eigenvalue weighted by Gasteiger charge is 2.37. The van der Waals surface area contributed by atoms with Gasteiger partial charge in [-0.2, -0.15) is 0 Å². The van der Waals surface area contributed by atoms with Gasteiger partial charge in [-0.05, 0) is 51.5 Å². The smallest absolute Gasteiger partial charge is 0.130 e. The predicted octanol–water partition coefficient (Wildman–Crippen LogP) is 3.77. The van der Waals surface area contributed by atoms with Crippen LogP contribution in [0, 0.1) is 5.92 Å². The van der Waals surface area contributed by atoms with Crippen LogP contribution >= 0.6 is 0 Å². The van der Waals surface area contributed by atoms with Crippen LogP contribution in [0.5, 0.6) is 0 Å². The first-order valence-corrected chi connectivity index (χ1v) is 8.16. The second-order valence-corrected chi connectivity index (χ2v) is 6.77. The first kappa shape index (κ1) is 14.5. The normalized spacial score (nSPS) is 26.6. The zero-order valence-electron chi connectivity index (χ0n) is 13.3. The van der Waals surface area contributed by atoms with Crippen molar-refractivity contribution in [1.82, 2.24) is 14.5 Å². The lowest BCUT2D eigenvalue weighted by Gasteiger charge is -2.37. The van der Waals surface area contributed by atoms with Gasteiger partial charge in [0.05, 0.1) is 17.3 Å². The van der Waals surface area contributed by atoms with E-state index in [9.17, 15) is 0 Å². The molecule has 21 heavy (non-hydrogen) atoms. The fourth-order valence-corrected chi connectivity index (χ4v) is 3.65. The van der Waals surface area contributed by atoms with Crippen molar-refractivity contribution in [2.75, 3.05) is 0 Å². The van der Waals surface area contributed by atoms with Gasteiger partial charge in [-0.3, -0.25) is 4.98 Å². The van der Waals surface area contributed by atoms with Crippen molar-refractivity contribution in [2.45, 2.75) is 64.5 Å². The lowest BCUT2D eigenvalue weighted by atomic mass is 9.75. The average Bonchev–Trinajstić information content (AvgIpc) is 2.88. The van der Waals surface area contributed by atoms with Gasteiger partial charge >= 0.3 is 0 Å². The lowest BCUT2D eigenvalue weighted by Crippen LogP contribution is -2.43. The van der Waals surface area contributed by atoms with E-state index in [2.05, 4.69) is 30.3 Å². The van der Waals surface area contributed by atoms with E-state index in [1.54, 1.807) is 0 Å². The number of nitrogens with two attached hydrogens (primary N) is 1. The third-order valence-corrected chi connectivity index (χ3v) is 5.03. The van der Waals surface area contributed by atoms with Crippen molar-refractivity contribution in [3.63, 3.8) is 0 Å². The maximum Gasteiger partial charge on any atom is 0.130 e. The van der Waals surface area contributed by atoms with Gasteiger partial charge in [0, 0.05) is 12.2 Å². The van der Waals surface area contributed by atoms with Crippen LogP contribution in [0.3, 0.4) is 0 Å². The second kappa shape index (κ2) is 5.41. The lowest BCUT2D eigenvalue weighted by molar-refractivity contribution is 0.215. The Balaban J connectivity index is 2.05. The highest BCUT2D eigenvalue weighted by Crippen LogP contribution is 2.40. The van der Waals surface area contributed by atoms with E-state index < -0.39 is 0 Å². The van der Waals surface area contributed by atoms with E-state index in [1.165, 1.54) is 19.3 Å². The van der Waals surface area contributed by atoms with Gasteiger partial charge in [-0.25, -0.2) is 4.98 Å². The molecular formula is C17H26N4. The number of imidazole rings is 1. The van der Waals surface area contributed by atoms with Crippen molar-refractivity contribution < 1.29 is 0 Å². The van der Waals surface area contributed by atoms with Crippen LogP contribution in [0.25, 0.3) is 11.0 Å². The van der Waals surface area contributed by atoms with Crippen LogP contribution in [0.1, 0.15) is 64.7 Å². The Kier molecular flexibility index (Phi) is 3.74. The molecule has 1 saturated carbocycles. The Morgan fingerprint density at radius 2 is 2.10 bits per heavy atom. The summed E-state index contributed by atoms with van der Waals surface area (Å²) < 4.78 is 2.31. The quantitative estimate of drug-likeness (QED) is 0.934. The molecule has 0 aliphatic heterocycles. The summed E-state index contributed by atoms with van der Waals surface area (Å²) in [4.78, 5) is 9.06. The molecule has 1 aliphatic rings. The predicted molar refractivity (Wildman–Crippen MR) is 86.0 cm³/mol. The molecule has 0 aromatic carbocycles. The number of rotatable bonds is 3. The highest BCUT2D eigenvalue weighted by atomic mass is 15.1. The van der Waals surface area contributed by atoms with Crippen molar-refractivity contribution in [3.05, 3.63) is 24.3 Å². The third-order valence-electron chi connectivity index (χ3n) is 5.03. The third kappa shape index (κ3) is 2.46. The van der Waals surface area contributed by atoms with Gasteiger partial charge < -0.3 is 10.3 Å². The van der Waals surface area contributed by atoms with E-state index in [1.807, 2.05) is 18.5 Å². The molecule has 2 aromatic heterocycles. The number of nitrogens with zero attached hydrogens (tertiary/aromatic N) is 3. The average molecular weight is 286 g/mol. The standard InChI is InChI=1S/C17H26N4/c1-4-13-5-8-17(18,9-6-13)16-20-14-11-19-10-7-15(14)21(16)12(2)3/h7,10-13H,4-6,8-9,18H2,1-3H3. The van der Waals surface area contributed by atoms with Gasteiger partial charge in [0.25, 0.3) is 0 Å². The zero-order chi connectivity index (χ0) is 15.0. The fourth-order valence-electron chi connectivity index (χ4n) is 3.65. The molecule has 0 unspecified atom stereocenters. The molecule has 0 bridgehead atoms. The molecule has 0 amide bonds. The summed E-state index contributed by atoms with van der Waals surface area (Å²) in [6.07, 6.45) is 9.45. The second-order valence-electron chi connectivity index (χ2n) is 6.77. The van der Waals surface area contributed by atoms with E-state index in [0.29, 0.717) is 6.04 Å². The van der Waals surface area contributed by atoms with Crippen molar-refractivity contribution in [1.29, 1.82) is 0 Å². The minimum Gasteiger partial charge on any atom is -0.324 e. The Bertz CT molecular complexity index is 621. The van der Waals surface area contributed by atoms with Crippen LogP contribution in [0.2, 0.25) is 0 Å². The molecule has 114 valence electrons. The molecule has 0 spiro atoms. The van der Waals surface area contributed by atoms with E-state index >= 15 is 0 Å². The van der Waals surface area contributed by atoms with Gasteiger partial charge in [-0.1, -0.05) is 13.3 Å². The van der Waals surface area contributed by atoms with Crippen LogP contribution in [0.15, 0.2) is 18.5 Å². The van der Waals surface area contributed by atoms with Gasteiger partial charge in [0.15, 0.2) is 0 Å². The SMILES string of the molecule is CCC1CCC(N)(c2nc3cnccc3n2C(C)C)CC1. The number of fused-ring (bicyclic) bond motifs is 1. The largest absolute Gasteiger partial charge is 0.324 e. The summed E-state index contributed by atoms with van der Waals surface area (Å²) in [6, 6.07) is 2.41. The van der Waals surface area contributed by atoms with Crippen LogP contribution < -0.4 is 5.73 Å². The first-order chi connectivity index (χ1) is 10.0. The summed E-state index contributed by atoms with van der Waals surface area (Å²) >= 11 is 0. The maximum atomic E-state index is 6.80. The van der Waals surface area contributed by atoms with E-state index in [-0.39, 0.29) is 5.54 Å². The molecule has 1 aliphatic carbocycles. The summed E-state index contributed by atoms with van der Waals surface area (Å²) in [7, 11) is 0. The number of pyridine rings is 1. The van der Waals surface area contributed by atoms with Crippen LogP contribution in [-0.4, -0.2) is 14.5 Å². The molecule has 3 rings (SSSR count). The van der Waals surface area contributed by atoms with Gasteiger partial charge in [0.1, 0.15) is 11.3 Å². The molecule has 4 nitrogen and oxygen atoms in total. The summed E-state index contributed by atoms with van der Waals surface area (Å²) in [5.41, 5.74) is 8.63. The van der Waals surface area contributed by atoms with Gasteiger partial charge in [-0.15, -0.1) is 0 Å². The molecule has 1 fully saturated rings. The molecule has 0 saturated heterocycles. The van der Waals surface area contributed by atoms with E-state index in [4.69, 9.17) is 10.7 Å². The van der Waals surface area contributed by atoms with Crippen molar-refractivity contribution >= 4 is 11.0 Å². The molecule has 2 aromatic rings. The Labute approximate surface area is 126 Å². The van der Waals surface area contributed by atoms with Crippen LogP contribution in [-0.2, 0) is 5.54 Å². The van der Waals surface area contributed by atoms with Crippen LogP contribution in [0.4, 0.5) is 0 Å². The fraction of sp³-hybridized carbons (Fsp3) is 0.647. The topological polar surface area (TPSA) is 56.7 Å². The minimum atomic E-state index is -0.283. The monoisotopic (exact) mass is 286 g/mol. The first-order valence-electron chi connectivity index (χ1n) is 8.16. The molecule has 0 radical (unpaired) electrons. The van der Waals surface area contributed by atoms with Crippen molar-refractivity contribution in [2.24, 2.45) is 11.7 Å².